The fourth-order valence-corrected chi connectivity index (χ4v) is 3.98. The molecule has 2 fully saturated rings. The van der Waals surface area contributed by atoms with Crippen LogP contribution in [-0.4, -0.2) is 24.7 Å². The lowest BCUT2D eigenvalue weighted by Crippen LogP contribution is -2.48. The zero-order valence-corrected chi connectivity index (χ0v) is 12.5. The van der Waals surface area contributed by atoms with Crippen LogP contribution in [0.15, 0.2) is 18.2 Å². The maximum atomic E-state index is 9.38. The van der Waals surface area contributed by atoms with Gasteiger partial charge in [-0.2, -0.15) is 5.26 Å². The van der Waals surface area contributed by atoms with E-state index in [9.17, 15) is 5.26 Å². The number of piperidine rings is 1. The first-order valence-corrected chi connectivity index (χ1v) is 7.82. The van der Waals surface area contributed by atoms with Crippen LogP contribution in [0.4, 0.5) is 5.69 Å². The van der Waals surface area contributed by atoms with Gasteiger partial charge in [-0.1, -0.05) is 17.7 Å². The molecule has 0 aliphatic carbocycles. The number of nitrogens with zero attached hydrogens (tertiary/aromatic N) is 2. The average molecular weight is 290 g/mol. The Morgan fingerprint density at radius 2 is 2.05 bits per heavy atom. The number of nitriles is 1. The minimum absolute atomic E-state index is 0.518. The predicted molar refractivity (Wildman–Crippen MR) is 82.2 cm³/mol. The monoisotopic (exact) mass is 289 g/mol. The third-order valence-electron chi connectivity index (χ3n) is 4.64. The molecule has 106 valence electrons. The Labute approximate surface area is 125 Å². The number of nitrogens with one attached hydrogen (secondary N) is 1. The first-order valence-electron chi connectivity index (χ1n) is 7.44. The molecule has 2 atom stereocenters. The Morgan fingerprint density at radius 1 is 1.35 bits per heavy atom. The summed E-state index contributed by atoms with van der Waals surface area (Å²) in [5.74, 6) is 0. The molecule has 2 aliphatic heterocycles. The molecule has 0 amide bonds. The van der Waals surface area contributed by atoms with E-state index in [2.05, 4.69) is 23.2 Å². The highest BCUT2D eigenvalue weighted by molar-refractivity contribution is 6.32. The highest BCUT2D eigenvalue weighted by Crippen LogP contribution is 2.34. The SMILES string of the molecule is CCN(c1cccc(Cl)c1C#N)C1CC2CCC(C1)N2. The second kappa shape index (κ2) is 5.63. The van der Waals surface area contributed by atoms with E-state index in [1.807, 2.05) is 12.1 Å². The number of benzene rings is 1. The zero-order chi connectivity index (χ0) is 14.1. The summed E-state index contributed by atoms with van der Waals surface area (Å²) in [4.78, 5) is 2.37. The summed E-state index contributed by atoms with van der Waals surface area (Å²) in [7, 11) is 0. The van der Waals surface area contributed by atoms with E-state index in [4.69, 9.17) is 11.6 Å². The Kier molecular flexibility index (Phi) is 3.87. The normalized spacial score (nSPS) is 28.1. The molecule has 4 heteroatoms. The van der Waals surface area contributed by atoms with Gasteiger partial charge >= 0.3 is 0 Å². The molecule has 2 saturated heterocycles. The number of rotatable bonds is 3. The molecule has 1 N–H and O–H groups in total. The largest absolute Gasteiger partial charge is 0.368 e. The van der Waals surface area contributed by atoms with Crippen LogP contribution in [-0.2, 0) is 0 Å². The second-order valence-corrected chi connectivity index (χ2v) is 6.20. The number of hydrogen-bond acceptors (Lipinski definition) is 3. The summed E-state index contributed by atoms with van der Waals surface area (Å²) in [6, 6.07) is 9.85. The minimum Gasteiger partial charge on any atom is -0.368 e. The lowest BCUT2D eigenvalue weighted by molar-refractivity contribution is 0.349. The number of hydrogen-bond donors (Lipinski definition) is 1. The van der Waals surface area contributed by atoms with Crippen LogP contribution in [0.25, 0.3) is 0 Å². The molecule has 2 bridgehead atoms. The van der Waals surface area contributed by atoms with E-state index in [0.717, 1.165) is 12.2 Å². The lowest BCUT2D eigenvalue weighted by Gasteiger charge is -2.39. The van der Waals surface area contributed by atoms with Crippen molar-refractivity contribution in [3.63, 3.8) is 0 Å². The highest BCUT2D eigenvalue weighted by Gasteiger charge is 2.36. The van der Waals surface area contributed by atoms with Gasteiger partial charge in [0.15, 0.2) is 0 Å². The summed E-state index contributed by atoms with van der Waals surface area (Å²) in [5.41, 5.74) is 1.61. The molecule has 2 aliphatic rings. The van der Waals surface area contributed by atoms with E-state index in [1.54, 1.807) is 6.07 Å². The van der Waals surface area contributed by atoms with Gasteiger partial charge in [-0.3, -0.25) is 0 Å². The van der Waals surface area contributed by atoms with Crippen molar-refractivity contribution in [2.45, 2.75) is 50.7 Å². The van der Waals surface area contributed by atoms with Crippen molar-refractivity contribution in [2.24, 2.45) is 0 Å². The Hall–Kier alpha value is -1.24. The topological polar surface area (TPSA) is 39.1 Å². The summed E-state index contributed by atoms with van der Waals surface area (Å²) in [5, 5.41) is 13.6. The van der Waals surface area contributed by atoms with Crippen LogP contribution in [0.2, 0.25) is 5.02 Å². The summed E-state index contributed by atoms with van der Waals surface area (Å²) < 4.78 is 0. The predicted octanol–water partition coefficient (Wildman–Crippen LogP) is 3.32. The van der Waals surface area contributed by atoms with Gasteiger partial charge in [-0.25, -0.2) is 0 Å². The number of anilines is 1. The van der Waals surface area contributed by atoms with Crippen LogP contribution in [0.5, 0.6) is 0 Å². The van der Waals surface area contributed by atoms with Crippen molar-refractivity contribution in [3.05, 3.63) is 28.8 Å². The van der Waals surface area contributed by atoms with Gasteiger partial charge in [0.25, 0.3) is 0 Å². The van der Waals surface area contributed by atoms with Crippen molar-refractivity contribution in [2.75, 3.05) is 11.4 Å². The summed E-state index contributed by atoms with van der Waals surface area (Å²) in [6.07, 6.45) is 4.92. The van der Waals surface area contributed by atoms with E-state index in [1.165, 1.54) is 25.7 Å². The van der Waals surface area contributed by atoms with E-state index >= 15 is 0 Å². The Bertz CT molecular complexity index is 525. The van der Waals surface area contributed by atoms with Crippen LogP contribution in [0.1, 0.15) is 38.2 Å². The van der Waals surface area contributed by atoms with Gasteiger partial charge in [0.2, 0.25) is 0 Å². The summed E-state index contributed by atoms with van der Waals surface area (Å²) in [6.45, 7) is 3.07. The second-order valence-electron chi connectivity index (χ2n) is 5.79. The van der Waals surface area contributed by atoms with Crippen molar-refractivity contribution < 1.29 is 0 Å². The van der Waals surface area contributed by atoms with Gasteiger partial charge in [-0.15, -0.1) is 0 Å². The van der Waals surface area contributed by atoms with Crippen molar-refractivity contribution in [3.8, 4) is 6.07 Å². The maximum absolute atomic E-state index is 9.38. The van der Waals surface area contributed by atoms with Gasteiger partial charge in [0.05, 0.1) is 16.3 Å². The first-order chi connectivity index (χ1) is 9.72. The zero-order valence-electron chi connectivity index (χ0n) is 11.8. The molecule has 2 unspecified atom stereocenters. The molecular formula is C16H20ClN3. The van der Waals surface area contributed by atoms with Crippen molar-refractivity contribution in [1.82, 2.24) is 5.32 Å². The fraction of sp³-hybridized carbons (Fsp3) is 0.562. The fourth-order valence-electron chi connectivity index (χ4n) is 3.77. The van der Waals surface area contributed by atoms with Gasteiger partial charge in [0.1, 0.15) is 6.07 Å². The Balaban J connectivity index is 1.91. The van der Waals surface area contributed by atoms with Crippen molar-refractivity contribution in [1.29, 1.82) is 5.26 Å². The maximum Gasteiger partial charge on any atom is 0.103 e. The van der Waals surface area contributed by atoms with E-state index < -0.39 is 0 Å². The van der Waals surface area contributed by atoms with Crippen molar-refractivity contribution >= 4 is 17.3 Å². The summed E-state index contributed by atoms with van der Waals surface area (Å²) >= 11 is 6.18. The lowest BCUT2D eigenvalue weighted by atomic mass is 9.97. The standard InChI is InChI=1S/C16H20ClN3/c1-2-20(13-8-11-6-7-12(9-13)19-11)16-5-3-4-15(17)14(16)10-18/h3-5,11-13,19H,2,6-9H2,1H3. The molecule has 0 radical (unpaired) electrons. The Morgan fingerprint density at radius 3 is 2.65 bits per heavy atom. The minimum atomic E-state index is 0.518. The van der Waals surface area contributed by atoms with Gasteiger partial charge in [0, 0.05) is 24.7 Å². The molecule has 3 nitrogen and oxygen atoms in total. The average Bonchev–Trinajstić information content (AvgIpc) is 2.79. The smallest absolute Gasteiger partial charge is 0.103 e. The van der Waals surface area contributed by atoms with Gasteiger partial charge in [-0.05, 0) is 44.7 Å². The highest BCUT2D eigenvalue weighted by atomic mass is 35.5. The molecule has 20 heavy (non-hydrogen) atoms. The van der Waals surface area contributed by atoms with E-state index in [-0.39, 0.29) is 0 Å². The molecule has 2 heterocycles. The third-order valence-corrected chi connectivity index (χ3v) is 4.96. The molecule has 0 saturated carbocycles. The van der Waals surface area contributed by atoms with Crippen LogP contribution >= 0.6 is 11.6 Å². The van der Waals surface area contributed by atoms with Crippen LogP contribution in [0.3, 0.4) is 0 Å². The van der Waals surface area contributed by atoms with Gasteiger partial charge < -0.3 is 10.2 Å². The molecule has 1 aromatic carbocycles. The van der Waals surface area contributed by atoms with Crippen LogP contribution < -0.4 is 10.2 Å². The molecule has 3 rings (SSSR count). The molecule has 0 aromatic heterocycles. The molecule has 1 aromatic rings. The third kappa shape index (κ3) is 2.39. The quantitative estimate of drug-likeness (QED) is 0.928. The first kappa shape index (κ1) is 13.7. The molecule has 0 spiro atoms. The van der Waals surface area contributed by atoms with E-state index in [0.29, 0.717) is 28.7 Å². The van der Waals surface area contributed by atoms with Crippen LogP contribution in [0, 0.1) is 11.3 Å². The molecular weight excluding hydrogens is 270 g/mol. The number of fused-ring (bicyclic) bond motifs is 2. The number of halogens is 1.